The maximum Gasteiger partial charge on any atom is 0.339 e. The second kappa shape index (κ2) is 6.44. The van der Waals surface area contributed by atoms with E-state index in [1.165, 1.54) is 0 Å². The Morgan fingerprint density at radius 2 is 1.91 bits per heavy atom. The smallest absolute Gasteiger partial charge is 0.339 e. The molecule has 2 rings (SSSR count). The van der Waals surface area contributed by atoms with Crippen LogP contribution in [-0.4, -0.2) is 21.1 Å². The number of ether oxygens (including phenoxy) is 1. The lowest BCUT2D eigenvalue weighted by molar-refractivity contribution is -0.386. The van der Waals surface area contributed by atoms with Gasteiger partial charge in [-0.15, -0.1) is 0 Å². The summed E-state index contributed by atoms with van der Waals surface area (Å²) in [6, 6.07) is 9.22. The van der Waals surface area contributed by atoms with Crippen LogP contribution in [0.4, 0.5) is 5.69 Å². The molecule has 0 bridgehead atoms. The lowest BCUT2D eigenvalue weighted by Crippen LogP contribution is -2.02. The minimum atomic E-state index is -1.48. The van der Waals surface area contributed by atoms with E-state index in [2.05, 4.69) is 15.9 Å². The van der Waals surface area contributed by atoms with Gasteiger partial charge in [0.25, 0.3) is 0 Å². The molecule has 0 radical (unpaired) electrons. The van der Waals surface area contributed by atoms with E-state index in [0.29, 0.717) is 0 Å². The molecule has 0 atom stereocenters. The molecular weight excluding hydrogens is 358 g/mol. The molecule has 22 heavy (non-hydrogen) atoms. The number of rotatable bonds is 5. The Morgan fingerprint density at radius 3 is 2.45 bits per heavy atom. The van der Waals surface area contributed by atoms with E-state index in [1.807, 2.05) is 0 Å². The molecule has 8 heteroatoms. The fraction of sp³-hybridized carbons (Fsp3) is 0.0714. The number of aromatic carboxylic acids is 1. The molecule has 114 valence electrons. The van der Waals surface area contributed by atoms with Gasteiger partial charge >= 0.3 is 11.7 Å². The Morgan fingerprint density at radius 1 is 1.27 bits per heavy atom. The minimum Gasteiger partial charge on any atom is -0.501 e. The lowest BCUT2D eigenvalue weighted by atomic mass is 10.1. The minimum absolute atomic E-state index is 0.00943. The number of carbonyl (C=O) groups is 1. The molecule has 0 heterocycles. The SMILES string of the molecule is O=C(O)c1cc(OCc2ccc(Br)cc2)cc([N+](=O)[O-])c1O. The van der Waals surface area contributed by atoms with Crippen LogP contribution in [0, 0.1) is 10.1 Å². The van der Waals surface area contributed by atoms with Crippen molar-refractivity contribution in [2.75, 3.05) is 0 Å². The van der Waals surface area contributed by atoms with E-state index < -0.39 is 27.9 Å². The van der Waals surface area contributed by atoms with Crippen LogP contribution in [0.5, 0.6) is 11.5 Å². The Labute approximate surface area is 133 Å². The molecular formula is C14H10BrNO6. The largest absolute Gasteiger partial charge is 0.501 e. The molecule has 0 aliphatic carbocycles. The Balaban J connectivity index is 2.28. The molecule has 0 saturated heterocycles. The van der Waals surface area contributed by atoms with Crippen molar-refractivity contribution in [1.82, 2.24) is 0 Å². The number of carboxylic acids is 1. The topological polar surface area (TPSA) is 110 Å². The van der Waals surface area contributed by atoms with Gasteiger partial charge < -0.3 is 14.9 Å². The van der Waals surface area contributed by atoms with Crippen molar-refractivity contribution in [3.8, 4) is 11.5 Å². The normalized spacial score (nSPS) is 10.2. The highest BCUT2D eigenvalue weighted by Gasteiger charge is 2.23. The van der Waals surface area contributed by atoms with Gasteiger partial charge in [-0.1, -0.05) is 28.1 Å². The molecule has 0 amide bonds. The van der Waals surface area contributed by atoms with Crippen molar-refractivity contribution in [3.05, 3.63) is 62.1 Å². The molecule has 0 saturated carbocycles. The number of hydrogen-bond acceptors (Lipinski definition) is 5. The lowest BCUT2D eigenvalue weighted by Gasteiger charge is -2.08. The van der Waals surface area contributed by atoms with E-state index in [0.717, 1.165) is 22.2 Å². The highest BCUT2D eigenvalue weighted by molar-refractivity contribution is 9.10. The number of aromatic hydroxyl groups is 1. The summed E-state index contributed by atoms with van der Waals surface area (Å²) in [5, 5.41) is 29.4. The van der Waals surface area contributed by atoms with Crippen molar-refractivity contribution in [2.24, 2.45) is 0 Å². The third-order valence-electron chi connectivity index (χ3n) is 2.81. The standard InChI is InChI=1S/C14H10BrNO6/c15-9-3-1-8(2-4-9)7-22-10-5-11(14(18)19)13(17)12(6-10)16(20)21/h1-6,17H,7H2,(H,18,19). The summed E-state index contributed by atoms with van der Waals surface area (Å²) in [6.45, 7) is 0.105. The number of phenols is 1. The van der Waals surface area contributed by atoms with Crippen LogP contribution in [0.25, 0.3) is 0 Å². The Hall–Kier alpha value is -2.61. The third kappa shape index (κ3) is 3.53. The van der Waals surface area contributed by atoms with Crippen LogP contribution in [0.15, 0.2) is 40.9 Å². The molecule has 2 N–H and O–H groups in total. The number of nitro groups is 1. The van der Waals surface area contributed by atoms with Gasteiger partial charge in [-0.2, -0.15) is 0 Å². The van der Waals surface area contributed by atoms with Crippen LogP contribution >= 0.6 is 15.9 Å². The van der Waals surface area contributed by atoms with Crippen molar-refractivity contribution in [3.63, 3.8) is 0 Å². The summed E-state index contributed by atoms with van der Waals surface area (Å²) >= 11 is 3.29. The average molecular weight is 368 g/mol. The summed E-state index contributed by atoms with van der Waals surface area (Å²) in [7, 11) is 0. The number of benzene rings is 2. The summed E-state index contributed by atoms with van der Waals surface area (Å²) in [6.07, 6.45) is 0. The summed E-state index contributed by atoms with van der Waals surface area (Å²) in [5.41, 5.74) is -0.499. The number of nitro benzene ring substituents is 1. The highest BCUT2D eigenvalue weighted by Crippen LogP contribution is 2.34. The number of hydrogen-bond donors (Lipinski definition) is 2. The van der Waals surface area contributed by atoms with Gasteiger partial charge in [0.05, 0.1) is 11.0 Å². The van der Waals surface area contributed by atoms with Crippen molar-refractivity contribution >= 4 is 27.6 Å². The molecule has 0 fully saturated rings. The zero-order chi connectivity index (χ0) is 16.3. The zero-order valence-corrected chi connectivity index (χ0v) is 12.6. The van der Waals surface area contributed by atoms with E-state index in [-0.39, 0.29) is 12.4 Å². The summed E-state index contributed by atoms with van der Waals surface area (Å²) < 4.78 is 6.27. The molecule has 0 unspecified atom stereocenters. The summed E-state index contributed by atoms with van der Waals surface area (Å²) in [4.78, 5) is 21.0. The van der Waals surface area contributed by atoms with E-state index in [9.17, 15) is 20.0 Å². The third-order valence-corrected chi connectivity index (χ3v) is 3.34. The van der Waals surface area contributed by atoms with Crippen molar-refractivity contribution in [2.45, 2.75) is 6.61 Å². The van der Waals surface area contributed by atoms with Gasteiger partial charge in [-0.25, -0.2) is 4.79 Å². The first-order chi connectivity index (χ1) is 10.4. The maximum atomic E-state index is 11.0. The molecule has 0 aliphatic rings. The molecule has 7 nitrogen and oxygen atoms in total. The van der Waals surface area contributed by atoms with Crippen LogP contribution in [0.1, 0.15) is 15.9 Å². The molecule has 0 spiro atoms. The van der Waals surface area contributed by atoms with Gasteiger partial charge in [0.15, 0.2) is 0 Å². The monoisotopic (exact) mass is 367 g/mol. The second-order valence-corrected chi connectivity index (χ2v) is 5.23. The van der Waals surface area contributed by atoms with Gasteiger partial charge in [0.1, 0.15) is 17.9 Å². The molecule has 2 aromatic rings. The van der Waals surface area contributed by atoms with E-state index in [1.54, 1.807) is 24.3 Å². The summed E-state index contributed by atoms with van der Waals surface area (Å²) in [5.74, 6) is -2.38. The van der Waals surface area contributed by atoms with Gasteiger partial charge in [0, 0.05) is 4.47 Å². The predicted octanol–water partition coefficient (Wildman–Crippen LogP) is 3.34. The van der Waals surface area contributed by atoms with Crippen molar-refractivity contribution in [1.29, 1.82) is 0 Å². The Kier molecular flexibility index (Phi) is 4.62. The predicted molar refractivity (Wildman–Crippen MR) is 80.2 cm³/mol. The maximum absolute atomic E-state index is 11.0. The van der Waals surface area contributed by atoms with Gasteiger partial charge in [-0.3, -0.25) is 10.1 Å². The molecule has 0 aromatic heterocycles. The second-order valence-electron chi connectivity index (χ2n) is 4.32. The zero-order valence-electron chi connectivity index (χ0n) is 11.0. The quantitative estimate of drug-likeness (QED) is 0.619. The van der Waals surface area contributed by atoms with Crippen molar-refractivity contribution < 1.29 is 24.7 Å². The van der Waals surface area contributed by atoms with Gasteiger partial charge in [-0.05, 0) is 23.8 Å². The van der Waals surface area contributed by atoms with Crippen LogP contribution < -0.4 is 4.74 Å². The fourth-order valence-corrected chi connectivity index (χ4v) is 1.99. The number of halogens is 1. The first kappa shape index (κ1) is 15.8. The molecule has 2 aromatic carbocycles. The van der Waals surface area contributed by atoms with E-state index >= 15 is 0 Å². The van der Waals surface area contributed by atoms with Gasteiger partial charge in [0.2, 0.25) is 5.75 Å². The fourth-order valence-electron chi connectivity index (χ4n) is 1.73. The van der Waals surface area contributed by atoms with Crippen LogP contribution in [-0.2, 0) is 6.61 Å². The first-order valence-electron chi connectivity index (χ1n) is 6.00. The van der Waals surface area contributed by atoms with E-state index in [4.69, 9.17) is 9.84 Å². The first-order valence-corrected chi connectivity index (χ1v) is 6.79. The highest BCUT2D eigenvalue weighted by atomic mass is 79.9. The number of nitrogens with zero attached hydrogens (tertiary/aromatic N) is 1. The van der Waals surface area contributed by atoms with Crippen LogP contribution in [0.3, 0.4) is 0 Å². The number of carboxylic acid groups (broad SMARTS) is 1. The average Bonchev–Trinajstić information content (AvgIpc) is 2.47. The molecule has 0 aliphatic heterocycles. The van der Waals surface area contributed by atoms with Crippen LogP contribution in [0.2, 0.25) is 0 Å². The Bertz CT molecular complexity index is 694.